The van der Waals surface area contributed by atoms with Gasteiger partial charge in [-0.25, -0.2) is 19.3 Å². The molecule has 244 valence electrons. The van der Waals surface area contributed by atoms with Gasteiger partial charge in [0.25, 0.3) is 0 Å². The number of aliphatic hydroxyl groups excluding tert-OH is 1. The Balaban J connectivity index is 1.30. The number of ether oxygens (including phenoxy) is 2. The first-order chi connectivity index (χ1) is 21.7. The Kier molecular flexibility index (Phi) is 8.26. The molecule has 2 aliphatic heterocycles. The summed E-state index contributed by atoms with van der Waals surface area (Å²) in [4.78, 5) is 21.0. The van der Waals surface area contributed by atoms with Gasteiger partial charge in [-0.1, -0.05) is 23.7 Å². The number of fused-ring (bicyclic) bond motifs is 2. The molecule has 46 heavy (non-hydrogen) atoms. The number of cyclic esters (lactones) is 1. The molecule has 0 radical (unpaired) electrons. The molecule has 0 amide bonds. The zero-order valence-corrected chi connectivity index (χ0v) is 25.4. The van der Waals surface area contributed by atoms with Crippen LogP contribution in [0, 0.1) is 0 Å². The third kappa shape index (κ3) is 5.93. The van der Waals surface area contributed by atoms with Crippen molar-refractivity contribution in [3.05, 3.63) is 82.8 Å². The van der Waals surface area contributed by atoms with Crippen LogP contribution in [-0.4, -0.2) is 55.1 Å². The molecule has 0 saturated carbocycles. The normalized spacial score (nSPS) is 26.0. The van der Waals surface area contributed by atoms with Gasteiger partial charge in [-0.2, -0.15) is 18.3 Å². The molecule has 0 bridgehead atoms. The van der Waals surface area contributed by atoms with E-state index in [4.69, 9.17) is 35.9 Å². The Hall–Kier alpha value is -3.76. The lowest BCUT2D eigenvalue weighted by molar-refractivity contribution is -0.152. The summed E-state index contributed by atoms with van der Waals surface area (Å²) >= 11 is 5.95. The monoisotopic (exact) mass is 683 g/mol. The van der Waals surface area contributed by atoms with Crippen LogP contribution in [0.2, 0.25) is 5.02 Å². The lowest BCUT2D eigenvalue weighted by atomic mass is 9.94. The number of aromatic nitrogens is 3. The molecule has 4 aromatic rings. The first-order valence-electron chi connectivity index (χ1n) is 13.6. The molecule has 5 N–H and O–H groups in total. The number of nitrogens with zero attached hydrogens (tertiary/aromatic N) is 3. The number of benzene rings is 2. The molecular weight excluding hydrogens is 658 g/mol. The molecule has 13 nitrogen and oxygen atoms in total. The maximum absolute atomic E-state index is 14.3. The molecule has 18 heteroatoms. The quantitative estimate of drug-likeness (QED) is 0.153. The van der Waals surface area contributed by atoms with Gasteiger partial charge >= 0.3 is 19.9 Å². The number of anilines is 1. The second kappa shape index (κ2) is 11.8. The number of rotatable bonds is 8. The maximum atomic E-state index is 14.3. The van der Waals surface area contributed by atoms with E-state index in [9.17, 15) is 32.7 Å². The molecule has 0 aliphatic carbocycles. The molecular formula is C28H26ClF3N5O8P. The van der Waals surface area contributed by atoms with Crippen molar-refractivity contribution in [1.82, 2.24) is 19.6 Å². The minimum atomic E-state index is -4.76. The summed E-state index contributed by atoms with van der Waals surface area (Å²) in [6.45, 7) is -0.0262. The van der Waals surface area contributed by atoms with Gasteiger partial charge < -0.3 is 34.5 Å². The van der Waals surface area contributed by atoms with Gasteiger partial charge in [-0.05, 0) is 48.9 Å². The third-order valence-corrected chi connectivity index (χ3v) is 9.47. The van der Waals surface area contributed by atoms with Crippen molar-refractivity contribution in [3.63, 3.8) is 0 Å². The highest BCUT2D eigenvalue weighted by molar-refractivity contribution is 7.52. The molecule has 0 spiro atoms. The van der Waals surface area contributed by atoms with E-state index in [-0.39, 0.29) is 22.7 Å². The van der Waals surface area contributed by atoms with Crippen LogP contribution < -0.4 is 15.3 Å². The fourth-order valence-electron chi connectivity index (χ4n) is 5.39. The largest absolute Gasteiger partial charge is 0.459 e. The minimum absolute atomic E-state index is 0.0393. The third-order valence-electron chi connectivity index (χ3n) is 7.71. The van der Waals surface area contributed by atoms with Crippen LogP contribution >= 0.6 is 19.3 Å². The van der Waals surface area contributed by atoms with Gasteiger partial charge in [0.05, 0.1) is 17.6 Å². The average molecular weight is 684 g/mol. The summed E-state index contributed by atoms with van der Waals surface area (Å²) in [5.41, 5.74) is 2.78. The van der Waals surface area contributed by atoms with Crippen molar-refractivity contribution >= 4 is 42.2 Å². The molecule has 2 aliphatic rings. The molecule has 6 rings (SSSR count). The lowest BCUT2D eigenvalue weighted by Crippen LogP contribution is -2.44. The van der Waals surface area contributed by atoms with Crippen molar-refractivity contribution in [2.75, 3.05) is 12.3 Å². The lowest BCUT2D eigenvalue weighted by Gasteiger charge is -2.30. The molecule has 2 aromatic heterocycles. The van der Waals surface area contributed by atoms with Crippen LogP contribution in [0.4, 0.5) is 19.0 Å². The van der Waals surface area contributed by atoms with Gasteiger partial charge in [0.15, 0.2) is 6.23 Å². The summed E-state index contributed by atoms with van der Waals surface area (Å²) in [7, 11) is -4.71. The Labute approximate surface area is 263 Å². The zero-order chi connectivity index (χ0) is 33.0. The first kappa shape index (κ1) is 32.2. The fourth-order valence-corrected chi connectivity index (χ4v) is 7.00. The second-order valence-electron chi connectivity index (χ2n) is 10.8. The highest BCUT2D eigenvalue weighted by Crippen LogP contribution is 2.50. The average Bonchev–Trinajstić information content (AvgIpc) is 3.52. The van der Waals surface area contributed by atoms with Crippen LogP contribution in [0.3, 0.4) is 0 Å². The number of nitrogen functional groups attached to an aromatic ring is 1. The molecule has 1 saturated heterocycles. The van der Waals surface area contributed by atoms with Crippen LogP contribution in [0.1, 0.15) is 35.9 Å². The Morgan fingerprint density at radius 2 is 1.96 bits per heavy atom. The molecule has 4 heterocycles. The first-order valence-corrected chi connectivity index (χ1v) is 15.6. The van der Waals surface area contributed by atoms with E-state index in [1.807, 2.05) is 0 Å². The van der Waals surface area contributed by atoms with Crippen molar-refractivity contribution in [2.24, 2.45) is 0 Å². The van der Waals surface area contributed by atoms with Gasteiger partial charge in [0.1, 0.15) is 54.0 Å². The number of alkyl halides is 3. The van der Waals surface area contributed by atoms with E-state index < -0.39 is 68.7 Å². The number of hydrogen-bond acceptors (Lipinski definition) is 11. The smallest absolute Gasteiger partial charge is 0.459 e. The highest BCUT2D eigenvalue weighted by atomic mass is 35.5. The van der Waals surface area contributed by atoms with Crippen molar-refractivity contribution in [1.29, 1.82) is 0 Å². The number of nitrogens with one attached hydrogen (secondary N) is 1. The van der Waals surface area contributed by atoms with E-state index in [0.717, 1.165) is 12.1 Å². The number of carbonyl (C=O) groups excluding carboxylic acids is 1. The van der Waals surface area contributed by atoms with Gasteiger partial charge in [0.2, 0.25) is 0 Å². The summed E-state index contributed by atoms with van der Waals surface area (Å²) in [5, 5.41) is 25.5. The Bertz CT molecular complexity index is 1840. The molecule has 3 unspecified atom stereocenters. The van der Waals surface area contributed by atoms with Crippen LogP contribution in [0.5, 0.6) is 5.75 Å². The summed E-state index contributed by atoms with van der Waals surface area (Å²) < 4.78 is 79.2. The van der Waals surface area contributed by atoms with E-state index in [0.29, 0.717) is 16.1 Å². The SMILES string of the molecule is C[C@@]1(O)[C@H](O)C(COP(=O)(NC2C(=O)OCc3c2cccc3C(F)(F)F)Oc2ccc(Cl)cc2)O[C@H]1n1ccc2c(N)ncnc21. The Morgan fingerprint density at radius 1 is 1.22 bits per heavy atom. The summed E-state index contributed by atoms with van der Waals surface area (Å²) in [6.07, 6.45) is -6.19. The van der Waals surface area contributed by atoms with Crippen molar-refractivity contribution in [3.8, 4) is 5.75 Å². The van der Waals surface area contributed by atoms with Gasteiger partial charge in [0, 0.05) is 16.8 Å². The van der Waals surface area contributed by atoms with Crippen molar-refractivity contribution < 1.29 is 51.3 Å². The van der Waals surface area contributed by atoms with Crippen LogP contribution in [0.15, 0.2) is 61.1 Å². The van der Waals surface area contributed by atoms with E-state index in [2.05, 4.69) is 15.1 Å². The predicted molar refractivity (Wildman–Crippen MR) is 155 cm³/mol. The molecule has 1 fully saturated rings. The number of hydrogen-bond donors (Lipinski definition) is 4. The number of esters is 1. The maximum Gasteiger partial charge on any atom is 0.459 e. The van der Waals surface area contributed by atoms with Crippen molar-refractivity contribution in [2.45, 2.75) is 49.8 Å². The topological polar surface area (TPSA) is 180 Å². The molecule has 2 aromatic carbocycles. The molecule has 6 atom stereocenters. The van der Waals surface area contributed by atoms with Crippen LogP contribution in [-0.2, 0) is 36.1 Å². The standard InChI is InChI=1S/C28H26ClF3N5O8P/c1-27(40)22(38)20(44-26(27)37-10-9-17-23(33)34-13-35-24(17)37)12-43-46(41,45-15-7-5-14(29)6-8-15)36-21-16-3-2-4-19(28(30,31)32)18(16)11-42-25(21)39/h2-10,13,20-22,26,38,40H,11-12H2,1H3,(H,36,41)(H2,33,34,35)/t20?,21?,22-,26-,27-,46?/m1/s1. The second-order valence-corrected chi connectivity index (χ2v) is 12.9. The Morgan fingerprint density at radius 3 is 2.67 bits per heavy atom. The van der Waals surface area contributed by atoms with Crippen LogP contribution in [0.25, 0.3) is 11.0 Å². The van der Waals surface area contributed by atoms with E-state index in [1.54, 1.807) is 6.07 Å². The zero-order valence-electron chi connectivity index (χ0n) is 23.7. The van der Waals surface area contributed by atoms with Gasteiger partial charge in [-0.3, -0.25) is 4.52 Å². The van der Waals surface area contributed by atoms with E-state index >= 15 is 0 Å². The minimum Gasteiger partial charge on any atom is -0.459 e. The van der Waals surface area contributed by atoms with E-state index in [1.165, 1.54) is 54.3 Å². The summed E-state index contributed by atoms with van der Waals surface area (Å²) in [5.74, 6) is -0.892. The fraction of sp³-hybridized carbons (Fsp3) is 0.321. The number of aliphatic hydroxyl groups is 2. The predicted octanol–water partition coefficient (Wildman–Crippen LogP) is 4.29. The number of carbonyl (C=O) groups is 1. The highest BCUT2D eigenvalue weighted by Gasteiger charge is 2.54. The number of nitrogens with two attached hydrogens (primary N) is 1. The number of halogens is 4. The summed E-state index contributed by atoms with van der Waals surface area (Å²) in [6, 6.07) is 8.64. The van der Waals surface area contributed by atoms with Gasteiger partial charge in [-0.15, -0.1) is 0 Å².